The number of imide groups is 1. The van der Waals surface area contributed by atoms with E-state index in [1.54, 1.807) is 29.2 Å². The summed E-state index contributed by atoms with van der Waals surface area (Å²) >= 11 is 0. The summed E-state index contributed by atoms with van der Waals surface area (Å²) in [5, 5.41) is 0. The van der Waals surface area contributed by atoms with Gasteiger partial charge in [0.25, 0.3) is 11.8 Å². The Balaban J connectivity index is 1.53. The van der Waals surface area contributed by atoms with E-state index in [0.29, 0.717) is 37.4 Å². The van der Waals surface area contributed by atoms with E-state index in [-0.39, 0.29) is 25.0 Å². The zero-order chi connectivity index (χ0) is 15.5. The van der Waals surface area contributed by atoms with Crippen LogP contribution in [0.5, 0.6) is 0 Å². The fraction of sp³-hybridized carbons (Fsp3) is 0.400. The molecule has 1 aromatic rings. The van der Waals surface area contributed by atoms with Crippen LogP contribution in [0.15, 0.2) is 24.3 Å². The topological polar surface area (TPSA) is 76.2 Å². The third-order valence-corrected chi connectivity index (χ3v) is 3.69. The summed E-state index contributed by atoms with van der Waals surface area (Å²) in [5.41, 5.74) is 0.791. The SMILES string of the molecule is O=C(OCCN1C(=O)c2ccccc2C1=O)N1CCOCC1. The second-order valence-corrected chi connectivity index (χ2v) is 5.02. The number of carbonyl (C=O) groups is 3. The standard InChI is InChI=1S/C15H16N2O5/c18-13-11-3-1-2-4-12(11)14(19)17(13)7-10-22-15(20)16-5-8-21-9-6-16/h1-4H,5-10H2. The molecule has 1 saturated heterocycles. The van der Waals surface area contributed by atoms with E-state index in [9.17, 15) is 14.4 Å². The number of ether oxygens (including phenoxy) is 2. The van der Waals surface area contributed by atoms with Crippen LogP contribution in [0, 0.1) is 0 Å². The summed E-state index contributed by atoms with van der Waals surface area (Å²) in [7, 11) is 0. The van der Waals surface area contributed by atoms with Crippen LogP contribution in [0.4, 0.5) is 4.79 Å². The molecule has 1 fully saturated rings. The number of nitrogens with zero attached hydrogens (tertiary/aromatic N) is 2. The molecule has 1 aromatic carbocycles. The molecule has 7 nitrogen and oxygen atoms in total. The Labute approximate surface area is 127 Å². The maximum Gasteiger partial charge on any atom is 0.409 e. The number of morpholine rings is 1. The van der Waals surface area contributed by atoms with Crippen LogP contribution in [-0.2, 0) is 9.47 Å². The lowest BCUT2D eigenvalue weighted by Crippen LogP contribution is -2.42. The lowest BCUT2D eigenvalue weighted by Gasteiger charge is -2.26. The lowest BCUT2D eigenvalue weighted by atomic mass is 10.1. The van der Waals surface area contributed by atoms with Crippen molar-refractivity contribution in [1.29, 1.82) is 0 Å². The molecule has 0 bridgehead atoms. The van der Waals surface area contributed by atoms with Crippen molar-refractivity contribution in [3.05, 3.63) is 35.4 Å². The number of hydrogen-bond donors (Lipinski definition) is 0. The molecule has 0 spiro atoms. The molecule has 0 atom stereocenters. The second kappa shape index (κ2) is 6.15. The first kappa shape index (κ1) is 14.5. The fourth-order valence-electron chi connectivity index (χ4n) is 2.50. The van der Waals surface area contributed by atoms with Crippen molar-refractivity contribution in [2.75, 3.05) is 39.5 Å². The van der Waals surface area contributed by atoms with Gasteiger partial charge in [-0.2, -0.15) is 0 Å². The Hall–Kier alpha value is -2.41. The van der Waals surface area contributed by atoms with E-state index in [2.05, 4.69) is 0 Å². The van der Waals surface area contributed by atoms with Crippen molar-refractivity contribution < 1.29 is 23.9 Å². The molecule has 0 aliphatic carbocycles. The van der Waals surface area contributed by atoms with E-state index in [0.717, 1.165) is 4.90 Å². The number of rotatable bonds is 3. The van der Waals surface area contributed by atoms with Crippen LogP contribution in [-0.4, -0.2) is 67.2 Å². The van der Waals surface area contributed by atoms with E-state index < -0.39 is 6.09 Å². The Bertz CT molecular complexity index is 575. The zero-order valence-electron chi connectivity index (χ0n) is 12.0. The molecule has 2 heterocycles. The molecule has 2 aliphatic heterocycles. The monoisotopic (exact) mass is 304 g/mol. The summed E-state index contributed by atoms with van der Waals surface area (Å²) in [6, 6.07) is 6.67. The van der Waals surface area contributed by atoms with E-state index >= 15 is 0 Å². The van der Waals surface area contributed by atoms with Crippen molar-refractivity contribution in [3.8, 4) is 0 Å². The van der Waals surface area contributed by atoms with Gasteiger partial charge in [-0.25, -0.2) is 4.79 Å². The normalized spacial score (nSPS) is 17.6. The van der Waals surface area contributed by atoms with Gasteiger partial charge in [-0.15, -0.1) is 0 Å². The van der Waals surface area contributed by atoms with Crippen molar-refractivity contribution in [2.45, 2.75) is 0 Å². The van der Waals surface area contributed by atoms with Crippen molar-refractivity contribution in [2.24, 2.45) is 0 Å². The predicted molar refractivity (Wildman–Crippen MR) is 75.5 cm³/mol. The largest absolute Gasteiger partial charge is 0.448 e. The molecule has 0 N–H and O–H groups in total. The fourth-order valence-corrected chi connectivity index (χ4v) is 2.50. The Morgan fingerprint density at radius 1 is 1.09 bits per heavy atom. The van der Waals surface area contributed by atoms with Crippen molar-refractivity contribution in [3.63, 3.8) is 0 Å². The molecule has 0 unspecified atom stereocenters. The average Bonchev–Trinajstić information content (AvgIpc) is 2.81. The van der Waals surface area contributed by atoms with Crippen LogP contribution in [0.25, 0.3) is 0 Å². The maximum absolute atomic E-state index is 12.1. The van der Waals surface area contributed by atoms with E-state index in [4.69, 9.17) is 9.47 Å². The molecule has 3 rings (SSSR count). The van der Waals surface area contributed by atoms with Gasteiger partial charge >= 0.3 is 6.09 Å². The van der Waals surface area contributed by atoms with Gasteiger partial charge in [-0.05, 0) is 12.1 Å². The maximum atomic E-state index is 12.1. The second-order valence-electron chi connectivity index (χ2n) is 5.02. The highest BCUT2D eigenvalue weighted by molar-refractivity contribution is 6.21. The molecule has 116 valence electrons. The summed E-state index contributed by atoms with van der Waals surface area (Å²) in [4.78, 5) is 38.7. The molecule has 7 heteroatoms. The Kier molecular flexibility index (Phi) is 4.06. The smallest absolute Gasteiger partial charge is 0.409 e. The van der Waals surface area contributed by atoms with Gasteiger partial charge in [0.2, 0.25) is 0 Å². The van der Waals surface area contributed by atoms with Gasteiger partial charge < -0.3 is 14.4 Å². The van der Waals surface area contributed by atoms with Crippen molar-refractivity contribution >= 4 is 17.9 Å². The Morgan fingerprint density at radius 2 is 1.68 bits per heavy atom. The lowest BCUT2D eigenvalue weighted by molar-refractivity contribution is 0.0243. The van der Waals surface area contributed by atoms with Gasteiger partial charge in [0.15, 0.2) is 0 Å². The van der Waals surface area contributed by atoms with E-state index in [1.807, 2.05) is 0 Å². The predicted octanol–water partition coefficient (Wildman–Crippen LogP) is 0.751. The van der Waals surface area contributed by atoms with Gasteiger partial charge in [0.1, 0.15) is 6.61 Å². The third kappa shape index (κ3) is 2.67. The summed E-state index contributed by atoms with van der Waals surface area (Å²) in [5.74, 6) is -0.689. The first-order valence-corrected chi connectivity index (χ1v) is 7.13. The Morgan fingerprint density at radius 3 is 2.27 bits per heavy atom. The van der Waals surface area contributed by atoms with Gasteiger partial charge in [0.05, 0.1) is 30.9 Å². The van der Waals surface area contributed by atoms with Crippen LogP contribution in [0.1, 0.15) is 20.7 Å². The number of hydrogen-bond acceptors (Lipinski definition) is 5. The molecular weight excluding hydrogens is 288 g/mol. The zero-order valence-corrected chi connectivity index (χ0v) is 12.0. The number of fused-ring (bicyclic) bond motifs is 1. The summed E-state index contributed by atoms with van der Waals surface area (Å²) < 4.78 is 10.3. The van der Waals surface area contributed by atoms with E-state index in [1.165, 1.54) is 0 Å². The van der Waals surface area contributed by atoms with Gasteiger partial charge in [-0.3, -0.25) is 14.5 Å². The highest BCUT2D eigenvalue weighted by atomic mass is 16.6. The minimum absolute atomic E-state index is 0.0122. The summed E-state index contributed by atoms with van der Waals surface area (Å²) in [6.45, 7) is 2.02. The number of carbonyl (C=O) groups excluding carboxylic acids is 3. The average molecular weight is 304 g/mol. The summed E-state index contributed by atoms with van der Waals surface area (Å²) in [6.07, 6.45) is -0.445. The molecule has 0 radical (unpaired) electrons. The minimum Gasteiger partial charge on any atom is -0.448 e. The quantitative estimate of drug-likeness (QED) is 0.770. The molecule has 2 aliphatic rings. The van der Waals surface area contributed by atoms with Gasteiger partial charge in [0, 0.05) is 13.1 Å². The van der Waals surface area contributed by atoms with Crippen LogP contribution in [0.2, 0.25) is 0 Å². The van der Waals surface area contributed by atoms with Crippen LogP contribution >= 0.6 is 0 Å². The molecule has 0 saturated carbocycles. The van der Waals surface area contributed by atoms with Crippen molar-refractivity contribution in [1.82, 2.24) is 9.80 Å². The highest BCUT2D eigenvalue weighted by Crippen LogP contribution is 2.21. The molecule has 3 amide bonds. The van der Waals surface area contributed by atoms with Gasteiger partial charge in [-0.1, -0.05) is 12.1 Å². The van der Waals surface area contributed by atoms with Crippen LogP contribution < -0.4 is 0 Å². The third-order valence-electron chi connectivity index (χ3n) is 3.69. The number of amides is 3. The first-order valence-electron chi connectivity index (χ1n) is 7.13. The molecular formula is C15H16N2O5. The molecule has 0 aromatic heterocycles. The minimum atomic E-state index is -0.445. The van der Waals surface area contributed by atoms with Crippen LogP contribution in [0.3, 0.4) is 0 Å². The molecule has 22 heavy (non-hydrogen) atoms. The number of benzene rings is 1. The first-order chi connectivity index (χ1) is 10.7. The highest BCUT2D eigenvalue weighted by Gasteiger charge is 2.34.